The number of rotatable bonds is 7. The Morgan fingerprint density at radius 3 is 2.47 bits per heavy atom. The molecule has 4 nitrogen and oxygen atoms in total. The summed E-state index contributed by atoms with van der Waals surface area (Å²) in [5.41, 5.74) is 0.577. The van der Waals surface area contributed by atoms with Crippen molar-refractivity contribution in [2.75, 3.05) is 0 Å². The van der Waals surface area contributed by atoms with Gasteiger partial charge < -0.3 is 9.84 Å². The molecule has 0 radical (unpaired) electrons. The van der Waals surface area contributed by atoms with Crippen molar-refractivity contribution < 1.29 is 14.6 Å². The van der Waals surface area contributed by atoms with E-state index in [2.05, 4.69) is 33.8 Å². The maximum Gasteiger partial charge on any atom is 0.302 e. The lowest BCUT2D eigenvalue weighted by atomic mass is 9.41. The molecular formula is C30H49NO3. The molecule has 192 valence electrons. The molecule has 4 saturated carbocycles. The highest BCUT2D eigenvalue weighted by Crippen LogP contribution is 2.70. The molecular weight excluding hydrogens is 422 g/mol. The van der Waals surface area contributed by atoms with Crippen molar-refractivity contribution in [2.24, 2.45) is 52.3 Å². The minimum atomic E-state index is -0.201. The molecule has 4 aliphatic carbocycles. The van der Waals surface area contributed by atoms with E-state index in [0.29, 0.717) is 47.3 Å². The number of aliphatic hydroxyl groups excluding tert-OH is 1. The fourth-order valence-electron chi connectivity index (χ4n) is 10.1. The fourth-order valence-corrected chi connectivity index (χ4v) is 10.1. The smallest absolute Gasteiger partial charge is 0.302 e. The lowest BCUT2D eigenvalue weighted by Crippen LogP contribution is -2.63. The van der Waals surface area contributed by atoms with Crippen LogP contribution in [0.2, 0.25) is 0 Å². The van der Waals surface area contributed by atoms with Crippen molar-refractivity contribution in [3.8, 4) is 6.07 Å². The molecule has 0 bridgehead atoms. The molecule has 4 heteroatoms. The molecule has 0 amide bonds. The molecule has 1 N–H and O–H groups in total. The molecule has 0 aromatic rings. The zero-order valence-electron chi connectivity index (χ0n) is 22.4. The first-order valence-corrected chi connectivity index (χ1v) is 14.4. The second-order valence-corrected chi connectivity index (χ2v) is 13.1. The van der Waals surface area contributed by atoms with Gasteiger partial charge in [0.2, 0.25) is 0 Å². The van der Waals surface area contributed by atoms with Crippen LogP contribution in [-0.4, -0.2) is 23.3 Å². The highest BCUT2D eigenvalue weighted by atomic mass is 16.5. The summed E-state index contributed by atoms with van der Waals surface area (Å²) in [5, 5.41) is 19.5. The molecule has 0 aliphatic heterocycles. The van der Waals surface area contributed by atoms with Gasteiger partial charge in [0.1, 0.15) is 6.10 Å². The van der Waals surface area contributed by atoms with Gasteiger partial charge in [-0.2, -0.15) is 5.26 Å². The summed E-state index contributed by atoms with van der Waals surface area (Å²) in [6, 6.07) is 2.30. The molecule has 0 aromatic heterocycles. The second kappa shape index (κ2) is 10.1. The first-order valence-electron chi connectivity index (χ1n) is 14.4. The molecule has 0 saturated heterocycles. The van der Waals surface area contributed by atoms with Crippen molar-refractivity contribution in [1.82, 2.24) is 0 Å². The summed E-state index contributed by atoms with van der Waals surface area (Å²) >= 11 is 0. The Morgan fingerprint density at radius 2 is 1.79 bits per heavy atom. The third-order valence-electron chi connectivity index (χ3n) is 11.6. The Balaban J connectivity index is 1.63. The Morgan fingerprint density at radius 1 is 1.09 bits per heavy atom. The minimum absolute atomic E-state index is 0.00480. The normalized spacial score (nSPS) is 46.5. The van der Waals surface area contributed by atoms with E-state index in [1.165, 1.54) is 32.1 Å². The second-order valence-electron chi connectivity index (χ2n) is 13.1. The monoisotopic (exact) mass is 471 g/mol. The molecule has 0 spiro atoms. The van der Waals surface area contributed by atoms with E-state index in [9.17, 15) is 9.90 Å². The maximum absolute atomic E-state index is 12.4. The first-order chi connectivity index (χ1) is 16.2. The number of unbranched alkanes of at least 4 members (excludes halogenated alkanes) is 2. The minimum Gasteiger partial charge on any atom is -0.462 e. The average Bonchev–Trinajstić information content (AvgIpc) is 3.14. The zero-order valence-corrected chi connectivity index (χ0v) is 22.4. The van der Waals surface area contributed by atoms with Crippen LogP contribution in [0.1, 0.15) is 112 Å². The predicted molar refractivity (Wildman–Crippen MR) is 135 cm³/mol. The fraction of sp³-hybridized carbons (Fsp3) is 0.933. The Hall–Kier alpha value is -1.08. The Kier molecular flexibility index (Phi) is 7.74. The van der Waals surface area contributed by atoms with Crippen LogP contribution in [0.25, 0.3) is 0 Å². The number of hydrogen-bond donors (Lipinski definition) is 1. The van der Waals surface area contributed by atoms with Gasteiger partial charge in [0.15, 0.2) is 0 Å². The summed E-state index contributed by atoms with van der Waals surface area (Å²) in [6.45, 7) is 11.4. The van der Waals surface area contributed by atoms with Crippen LogP contribution in [-0.2, 0) is 9.53 Å². The van der Waals surface area contributed by atoms with Crippen LogP contribution < -0.4 is 0 Å². The van der Waals surface area contributed by atoms with E-state index < -0.39 is 0 Å². The van der Waals surface area contributed by atoms with Crippen LogP contribution in [0.4, 0.5) is 0 Å². The number of aliphatic hydroxyl groups is 1. The van der Waals surface area contributed by atoms with Crippen LogP contribution in [0.15, 0.2) is 0 Å². The zero-order chi connectivity index (χ0) is 24.7. The first kappa shape index (κ1) is 26.0. The number of carbonyl (C=O) groups excluding carboxylic acids is 1. The van der Waals surface area contributed by atoms with Gasteiger partial charge in [-0.15, -0.1) is 0 Å². The van der Waals surface area contributed by atoms with Crippen LogP contribution >= 0.6 is 0 Å². The number of carbonyl (C=O) groups is 1. The third kappa shape index (κ3) is 4.33. The van der Waals surface area contributed by atoms with Gasteiger partial charge in [-0.3, -0.25) is 4.79 Å². The van der Waals surface area contributed by atoms with E-state index in [0.717, 1.165) is 44.4 Å². The number of fused-ring (bicyclic) bond motifs is 5. The Labute approximate surface area is 208 Å². The quantitative estimate of drug-likeness (QED) is 0.324. The van der Waals surface area contributed by atoms with Crippen LogP contribution in [0.3, 0.4) is 0 Å². The molecule has 4 rings (SSSR count). The molecule has 0 aromatic carbocycles. The number of nitrogens with zero attached hydrogens (tertiary/aromatic N) is 1. The van der Waals surface area contributed by atoms with E-state index >= 15 is 0 Å². The van der Waals surface area contributed by atoms with Gasteiger partial charge in [-0.25, -0.2) is 0 Å². The lowest BCUT2D eigenvalue weighted by Gasteiger charge is -2.65. The highest BCUT2D eigenvalue weighted by Gasteiger charge is 2.65. The summed E-state index contributed by atoms with van der Waals surface area (Å²) in [4.78, 5) is 12.4. The van der Waals surface area contributed by atoms with Crippen molar-refractivity contribution >= 4 is 5.97 Å². The molecule has 0 heterocycles. The van der Waals surface area contributed by atoms with E-state index in [-0.39, 0.29) is 23.6 Å². The van der Waals surface area contributed by atoms with E-state index in [1.807, 2.05) is 0 Å². The molecule has 11 atom stereocenters. The largest absolute Gasteiger partial charge is 0.462 e. The van der Waals surface area contributed by atoms with Gasteiger partial charge in [-0.05, 0) is 104 Å². The maximum atomic E-state index is 12.4. The van der Waals surface area contributed by atoms with Gasteiger partial charge in [0, 0.05) is 19.3 Å². The van der Waals surface area contributed by atoms with E-state index in [1.54, 1.807) is 6.92 Å². The topological polar surface area (TPSA) is 70.3 Å². The van der Waals surface area contributed by atoms with Gasteiger partial charge in [0.05, 0.1) is 12.2 Å². The van der Waals surface area contributed by atoms with Crippen molar-refractivity contribution in [2.45, 2.75) is 124 Å². The number of hydrogen-bond acceptors (Lipinski definition) is 4. The standard InChI is InChI=1S/C30H49NO3/c1-6-22-26-18-21(33)13-15-30(26,5)25-14-16-29(4)23(19(2)10-8-7-9-17-31)11-12-24(29)27(25)28(22)34-20(3)32/h19,21-28,33H,6-16,18H2,1-5H3/t19-,21-,22-,23?,24+,25+,26+,27+,28-,29?,30-/m1/s1. The summed E-state index contributed by atoms with van der Waals surface area (Å²) in [6.07, 6.45) is 12.9. The van der Waals surface area contributed by atoms with Crippen LogP contribution in [0, 0.1) is 63.6 Å². The van der Waals surface area contributed by atoms with Gasteiger partial charge >= 0.3 is 5.97 Å². The SMILES string of the molecule is CC[C@H]1[C@@H](OC(C)=O)[C@H]2[C@@H]3CCC([C@H](C)CCCCC#N)C3(C)CC[C@@H]2[C@@]2(C)CC[C@@H](O)C[C@@H]12. The number of ether oxygens (including phenoxy) is 1. The summed E-state index contributed by atoms with van der Waals surface area (Å²) in [7, 11) is 0. The summed E-state index contributed by atoms with van der Waals surface area (Å²) in [5.74, 6) is 3.78. The number of esters is 1. The third-order valence-corrected chi connectivity index (χ3v) is 11.6. The molecule has 2 unspecified atom stereocenters. The molecule has 34 heavy (non-hydrogen) atoms. The average molecular weight is 472 g/mol. The summed E-state index contributed by atoms with van der Waals surface area (Å²) < 4.78 is 6.28. The predicted octanol–water partition coefficient (Wildman–Crippen LogP) is 6.90. The van der Waals surface area contributed by atoms with E-state index in [4.69, 9.17) is 10.00 Å². The lowest BCUT2D eigenvalue weighted by molar-refractivity contribution is -0.217. The van der Waals surface area contributed by atoms with Crippen LogP contribution in [0.5, 0.6) is 0 Å². The van der Waals surface area contributed by atoms with Crippen molar-refractivity contribution in [1.29, 1.82) is 5.26 Å². The number of nitriles is 1. The van der Waals surface area contributed by atoms with Crippen molar-refractivity contribution in [3.63, 3.8) is 0 Å². The van der Waals surface area contributed by atoms with Crippen molar-refractivity contribution in [3.05, 3.63) is 0 Å². The van der Waals surface area contributed by atoms with Gasteiger partial charge in [0.25, 0.3) is 0 Å². The molecule has 4 fully saturated rings. The Bertz CT molecular complexity index is 776. The highest BCUT2D eigenvalue weighted by molar-refractivity contribution is 5.66. The molecule has 4 aliphatic rings. The van der Waals surface area contributed by atoms with Gasteiger partial charge in [-0.1, -0.05) is 40.5 Å².